The van der Waals surface area contributed by atoms with E-state index in [1.807, 2.05) is 4.98 Å². The molecule has 0 aliphatic heterocycles. The zero-order valence-corrected chi connectivity index (χ0v) is 11.2. The molecule has 0 atom stereocenters. The molecule has 1 amide bonds. The van der Waals surface area contributed by atoms with E-state index in [9.17, 15) is 22.8 Å². The van der Waals surface area contributed by atoms with Crippen LogP contribution in [0.1, 0.15) is 10.4 Å². The van der Waals surface area contributed by atoms with Gasteiger partial charge in [-0.2, -0.15) is 0 Å². The van der Waals surface area contributed by atoms with Crippen molar-refractivity contribution in [2.75, 3.05) is 4.72 Å². The first-order chi connectivity index (χ1) is 9.79. The molecule has 0 unspecified atom stereocenters. The summed E-state index contributed by atoms with van der Waals surface area (Å²) in [5, 5.41) is 0. The summed E-state index contributed by atoms with van der Waals surface area (Å²) in [5.41, 5.74) is 3.54. The predicted molar refractivity (Wildman–Crippen MR) is 73.5 cm³/mol. The number of primary amides is 1. The van der Waals surface area contributed by atoms with Crippen LogP contribution in [-0.4, -0.2) is 24.3 Å². The fourth-order valence-electron chi connectivity index (χ4n) is 1.51. The number of sulfonamides is 1. The Kier molecular flexibility index (Phi) is 3.63. The van der Waals surface area contributed by atoms with Gasteiger partial charge in [0, 0.05) is 17.4 Å². The van der Waals surface area contributed by atoms with Gasteiger partial charge in [0.15, 0.2) is 4.90 Å². The molecule has 0 spiro atoms. The number of hydrogen-bond donors (Lipinski definition) is 4. The second kappa shape index (κ2) is 5.25. The van der Waals surface area contributed by atoms with Crippen LogP contribution in [0, 0.1) is 0 Å². The second-order valence-corrected chi connectivity index (χ2v) is 5.63. The molecule has 1 aromatic heterocycles. The van der Waals surface area contributed by atoms with Crippen molar-refractivity contribution in [2.24, 2.45) is 5.73 Å². The molecular weight excluding hydrogens is 300 g/mol. The number of nitrogens with two attached hydrogens (primary N) is 1. The number of aromatic amines is 2. The zero-order chi connectivity index (χ0) is 15.6. The summed E-state index contributed by atoms with van der Waals surface area (Å²) < 4.78 is 26.2. The maximum absolute atomic E-state index is 12.0. The Balaban J connectivity index is 2.35. The molecule has 9 nitrogen and oxygen atoms in total. The van der Waals surface area contributed by atoms with Gasteiger partial charge in [-0.05, 0) is 24.3 Å². The van der Waals surface area contributed by atoms with Crippen LogP contribution in [0.3, 0.4) is 0 Å². The van der Waals surface area contributed by atoms with Crippen molar-refractivity contribution in [3.05, 3.63) is 56.9 Å². The highest BCUT2D eigenvalue weighted by atomic mass is 32.2. The molecule has 1 heterocycles. The van der Waals surface area contributed by atoms with E-state index in [1.165, 1.54) is 24.3 Å². The van der Waals surface area contributed by atoms with Crippen molar-refractivity contribution < 1.29 is 13.2 Å². The fourth-order valence-corrected chi connectivity index (χ4v) is 2.58. The molecular formula is C11H10N4O5S. The number of anilines is 1. The van der Waals surface area contributed by atoms with Gasteiger partial charge in [-0.15, -0.1) is 0 Å². The van der Waals surface area contributed by atoms with E-state index in [2.05, 4.69) is 9.71 Å². The first kappa shape index (κ1) is 14.5. The van der Waals surface area contributed by atoms with Gasteiger partial charge in [0.25, 0.3) is 15.6 Å². The average Bonchev–Trinajstić information content (AvgIpc) is 2.38. The second-order valence-electron chi connectivity index (χ2n) is 3.98. The lowest BCUT2D eigenvalue weighted by Gasteiger charge is -2.07. The third kappa shape index (κ3) is 3.17. The molecule has 0 aliphatic rings. The van der Waals surface area contributed by atoms with Crippen molar-refractivity contribution in [1.82, 2.24) is 9.97 Å². The topological polar surface area (TPSA) is 155 Å². The third-order valence-electron chi connectivity index (χ3n) is 2.50. The molecule has 0 bridgehead atoms. The first-order valence-corrected chi connectivity index (χ1v) is 7.02. The van der Waals surface area contributed by atoms with Gasteiger partial charge < -0.3 is 10.7 Å². The highest BCUT2D eigenvalue weighted by Crippen LogP contribution is 2.13. The zero-order valence-electron chi connectivity index (χ0n) is 10.4. The van der Waals surface area contributed by atoms with Crippen molar-refractivity contribution in [1.29, 1.82) is 0 Å². The van der Waals surface area contributed by atoms with E-state index in [4.69, 9.17) is 5.73 Å². The number of rotatable bonds is 4. The lowest BCUT2D eigenvalue weighted by atomic mass is 10.2. The molecule has 0 fully saturated rings. The maximum Gasteiger partial charge on any atom is 0.325 e. The monoisotopic (exact) mass is 310 g/mol. The highest BCUT2D eigenvalue weighted by molar-refractivity contribution is 7.92. The van der Waals surface area contributed by atoms with Gasteiger partial charge in [0.1, 0.15) is 0 Å². The molecule has 21 heavy (non-hydrogen) atoms. The number of carbonyl (C=O) groups excluding carboxylic acids is 1. The molecule has 2 rings (SSSR count). The summed E-state index contributed by atoms with van der Waals surface area (Å²) in [7, 11) is -4.17. The molecule has 0 radical (unpaired) electrons. The van der Waals surface area contributed by atoms with E-state index in [0.29, 0.717) is 0 Å². The number of H-pyrrole nitrogens is 2. The van der Waals surface area contributed by atoms with E-state index in [1.54, 1.807) is 0 Å². The summed E-state index contributed by atoms with van der Waals surface area (Å²) in [6, 6.07) is 5.30. The van der Waals surface area contributed by atoms with Crippen LogP contribution in [0.4, 0.5) is 5.69 Å². The van der Waals surface area contributed by atoms with E-state index in [-0.39, 0.29) is 11.3 Å². The third-order valence-corrected chi connectivity index (χ3v) is 3.88. The van der Waals surface area contributed by atoms with Gasteiger partial charge in [-0.1, -0.05) is 0 Å². The van der Waals surface area contributed by atoms with Gasteiger partial charge >= 0.3 is 5.69 Å². The number of aromatic nitrogens is 2. The Bertz CT molecular complexity index is 895. The summed E-state index contributed by atoms with van der Waals surface area (Å²) in [5.74, 6) is -0.651. The molecule has 1 aromatic carbocycles. The molecule has 0 aliphatic carbocycles. The first-order valence-electron chi connectivity index (χ1n) is 5.54. The minimum atomic E-state index is -4.17. The summed E-state index contributed by atoms with van der Waals surface area (Å²) in [4.78, 5) is 36.5. The molecule has 110 valence electrons. The Morgan fingerprint density at radius 2 is 1.76 bits per heavy atom. The minimum Gasteiger partial charge on any atom is -0.366 e. The molecule has 5 N–H and O–H groups in total. The Morgan fingerprint density at radius 3 is 2.29 bits per heavy atom. The van der Waals surface area contributed by atoms with Crippen molar-refractivity contribution in [2.45, 2.75) is 4.90 Å². The molecule has 0 saturated heterocycles. The van der Waals surface area contributed by atoms with Gasteiger partial charge in [0.2, 0.25) is 5.91 Å². The highest BCUT2D eigenvalue weighted by Gasteiger charge is 2.19. The maximum atomic E-state index is 12.0. The van der Waals surface area contributed by atoms with E-state index < -0.39 is 32.1 Å². The number of carbonyl (C=O) groups is 1. The predicted octanol–water partition coefficient (Wildman–Crippen LogP) is -1.04. The van der Waals surface area contributed by atoms with Gasteiger partial charge in [0.05, 0.1) is 0 Å². The minimum absolute atomic E-state index is 0.130. The number of hydrogen-bond acceptors (Lipinski definition) is 5. The molecule has 10 heteroatoms. The van der Waals surface area contributed by atoms with Gasteiger partial charge in [-0.25, -0.2) is 13.2 Å². The Hall–Kier alpha value is -2.88. The standard InChI is InChI=1S/C11H10N4O5S/c12-9(16)6-1-3-7(4-2-6)15-21(19,20)8-5-13-11(18)14-10(8)17/h1-5,15H,(H2,12,16)(H2,13,14,17,18). The molecule has 2 aromatic rings. The number of amides is 1. The lowest BCUT2D eigenvalue weighted by Crippen LogP contribution is -2.29. The number of benzene rings is 1. The van der Waals surface area contributed by atoms with Crippen LogP contribution >= 0.6 is 0 Å². The Labute approximate surface area is 117 Å². The smallest absolute Gasteiger partial charge is 0.325 e. The van der Waals surface area contributed by atoms with Crippen molar-refractivity contribution in [3.8, 4) is 0 Å². The van der Waals surface area contributed by atoms with Gasteiger partial charge in [-0.3, -0.25) is 19.3 Å². The summed E-state index contributed by atoms with van der Waals surface area (Å²) in [6.07, 6.45) is 0.793. The SMILES string of the molecule is NC(=O)c1ccc(NS(=O)(=O)c2c[nH]c(=O)[nH]c2=O)cc1. The van der Waals surface area contributed by atoms with Crippen LogP contribution < -0.4 is 21.7 Å². The molecule has 0 saturated carbocycles. The van der Waals surface area contributed by atoms with E-state index >= 15 is 0 Å². The lowest BCUT2D eigenvalue weighted by molar-refractivity contribution is 0.100. The van der Waals surface area contributed by atoms with Crippen LogP contribution in [0.15, 0.2) is 44.9 Å². The Morgan fingerprint density at radius 1 is 1.14 bits per heavy atom. The van der Waals surface area contributed by atoms with E-state index in [0.717, 1.165) is 6.20 Å². The quantitative estimate of drug-likeness (QED) is 0.568. The van der Waals surface area contributed by atoms with Crippen LogP contribution in [0.2, 0.25) is 0 Å². The average molecular weight is 310 g/mol. The number of nitrogens with one attached hydrogen (secondary N) is 3. The normalized spacial score (nSPS) is 11.0. The largest absolute Gasteiger partial charge is 0.366 e. The van der Waals surface area contributed by atoms with Crippen molar-refractivity contribution in [3.63, 3.8) is 0 Å². The fraction of sp³-hybridized carbons (Fsp3) is 0. The van der Waals surface area contributed by atoms with Crippen molar-refractivity contribution >= 4 is 21.6 Å². The summed E-state index contributed by atoms with van der Waals surface area (Å²) in [6.45, 7) is 0. The van der Waals surface area contributed by atoms with Crippen LogP contribution in [0.5, 0.6) is 0 Å². The summed E-state index contributed by atoms with van der Waals surface area (Å²) >= 11 is 0. The van der Waals surface area contributed by atoms with Crippen LogP contribution in [0.25, 0.3) is 0 Å². The van der Waals surface area contributed by atoms with Crippen LogP contribution in [-0.2, 0) is 10.0 Å².